The fraction of sp³-hybridized carbons (Fsp3) is 0.286. The minimum atomic E-state index is -3.35. The average molecular weight is 340 g/mol. The van der Waals surface area contributed by atoms with Crippen LogP contribution in [0.15, 0.2) is 29.6 Å². The molecular formula is C14H16N2O4S2. The molecule has 0 radical (unpaired) electrons. The topological polar surface area (TPSA) is 85.4 Å². The second-order valence-electron chi connectivity index (χ2n) is 4.71. The number of anilines is 1. The minimum Gasteiger partial charge on any atom is -0.497 e. The quantitative estimate of drug-likeness (QED) is 0.871. The Hall–Kier alpha value is -1.93. The fourth-order valence-electron chi connectivity index (χ4n) is 1.87. The van der Waals surface area contributed by atoms with E-state index in [2.05, 4.69) is 10.3 Å². The lowest BCUT2D eigenvalue weighted by molar-refractivity contribution is -0.114. The number of methoxy groups -OCH3 is 1. The van der Waals surface area contributed by atoms with Gasteiger partial charge in [0.15, 0.2) is 15.0 Å². The first-order valence-corrected chi connectivity index (χ1v) is 9.13. The molecule has 1 heterocycles. The maximum absolute atomic E-state index is 12.2. The summed E-state index contributed by atoms with van der Waals surface area (Å²) in [6.45, 7) is 1.38. The minimum absolute atomic E-state index is 0.0861. The van der Waals surface area contributed by atoms with Gasteiger partial charge in [0.25, 0.3) is 0 Å². The third-order valence-corrected chi connectivity index (χ3v) is 5.04. The highest BCUT2D eigenvalue weighted by atomic mass is 32.2. The number of carbonyl (C=O) groups excluding carboxylic acids is 1. The van der Waals surface area contributed by atoms with Gasteiger partial charge in [-0.25, -0.2) is 13.4 Å². The molecule has 1 aromatic carbocycles. The van der Waals surface area contributed by atoms with Crippen LogP contribution in [-0.4, -0.2) is 26.4 Å². The second-order valence-corrected chi connectivity index (χ2v) is 7.63. The summed E-state index contributed by atoms with van der Waals surface area (Å²) in [5, 5.41) is 4.57. The number of rotatable bonds is 6. The molecule has 1 aromatic heterocycles. The number of thiazole rings is 1. The molecule has 1 amide bonds. The highest BCUT2D eigenvalue weighted by Crippen LogP contribution is 2.20. The highest BCUT2D eigenvalue weighted by Gasteiger charge is 2.16. The molecule has 0 bridgehead atoms. The molecule has 0 unspecified atom stereocenters. The number of aromatic nitrogens is 1. The van der Waals surface area contributed by atoms with Gasteiger partial charge in [-0.3, -0.25) is 4.79 Å². The van der Waals surface area contributed by atoms with Gasteiger partial charge in [0.05, 0.1) is 24.3 Å². The van der Waals surface area contributed by atoms with E-state index in [0.29, 0.717) is 22.1 Å². The van der Waals surface area contributed by atoms with Crippen LogP contribution >= 0.6 is 11.3 Å². The van der Waals surface area contributed by atoms with Crippen molar-refractivity contribution in [2.45, 2.75) is 18.4 Å². The summed E-state index contributed by atoms with van der Waals surface area (Å²) in [4.78, 5) is 15.0. The molecule has 22 heavy (non-hydrogen) atoms. The predicted octanol–water partition coefficient (Wildman–Crippen LogP) is 2.23. The van der Waals surface area contributed by atoms with Gasteiger partial charge in [-0.05, 0) is 17.7 Å². The number of nitrogens with one attached hydrogen (secondary N) is 1. The van der Waals surface area contributed by atoms with Crippen LogP contribution in [0.25, 0.3) is 0 Å². The van der Waals surface area contributed by atoms with Crippen LogP contribution in [0.1, 0.15) is 18.2 Å². The second kappa shape index (κ2) is 6.89. The number of nitrogens with zero attached hydrogens (tertiary/aromatic N) is 1. The van der Waals surface area contributed by atoms with Crippen molar-refractivity contribution in [3.05, 3.63) is 40.9 Å². The number of amides is 1. The molecule has 1 N–H and O–H groups in total. The molecule has 2 aromatic rings. The zero-order chi connectivity index (χ0) is 16.2. The molecule has 0 atom stereocenters. The number of sulfone groups is 1. The van der Waals surface area contributed by atoms with E-state index in [0.717, 1.165) is 0 Å². The summed E-state index contributed by atoms with van der Waals surface area (Å²) in [6, 6.07) is 6.95. The molecule has 0 saturated heterocycles. The number of hydrogen-bond donors (Lipinski definition) is 1. The van der Waals surface area contributed by atoms with Crippen molar-refractivity contribution < 1.29 is 17.9 Å². The Morgan fingerprint density at radius 1 is 1.36 bits per heavy atom. The number of benzene rings is 1. The first-order chi connectivity index (χ1) is 10.4. The van der Waals surface area contributed by atoms with Crippen molar-refractivity contribution >= 4 is 32.2 Å². The highest BCUT2D eigenvalue weighted by molar-refractivity contribution is 7.89. The van der Waals surface area contributed by atoms with Gasteiger partial charge in [-0.1, -0.05) is 12.1 Å². The largest absolute Gasteiger partial charge is 0.497 e. The van der Waals surface area contributed by atoms with E-state index in [9.17, 15) is 13.2 Å². The Bertz CT molecular complexity index is 769. The molecule has 2 rings (SSSR count). The van der Waals surface area contributed by atoms with Gasteiger partial charge >= 0.3 is 0 Å². The average Bonchev–Trinajstić information content (AvgIpc) is 2.83. The number of ether oxygens (including phenoxy) is 1. The first-order valence-electron chi connectivity index (χ1n) is 6.43. The Kier molecular flexibility index (Phi) is 5.15. The molecule has 0 spiro atoms. The zero-order valence-electron chi connectivity index (χ0n) is 12.2. The fourth-order valence-corrected chi connectivity index (χ4v) is 4.12. The third-order valence-electron chi connectivity index (χ3n) is 2.72. The van der Waals surface area contributed by atoms with Gasteiger partial charge in [0, 0.05) is 12.3 Å². The Morgan fingerprint density at radius 3 is 2.82 bits per heavy atom. The van der Waals surface area contributed by atoms with Crippen LogP contribution in [0.3, 0.4) is 0 Å². The van der Waals surface area contributed by atoms with Crippen molar-refractivity contribution in [1.29, 1.82) is 0 Å². The van der Waals surface area contributed by atoms with Crippen LogP contribution in [0.4, 0.5) is 5.13 Å². The standard InChI is InChI=1S/C14H16N2O4S2/c1-10(17)15-14-16-12(7-21-14)9-22(18,19)8-11-4-3-5-13(6-11)20-2/h3-7H,8-9H2,1-2H3,(H,15,16,17). The number of carbonyl (C=O) groups is 1. The van der Waals surface area contributed by atoms with Gasteiger partial charge in [-0.2, -0.15) is 0 Å². The van der Waals surface area contributed by atoms with E-state index in [1.54, 1.807) is 29.6 Å². The summed E-state index contributed by atoms with van der Waals surface area (Å²) >= 11 is 1.20. The van der Waals surface area contributed by atoms with Gasteiger partial charge < -0.3 is 10.1 Å². The van der Waals surface area contributed by atoms with E-state index in [1.165, 1.54) is 25.4 Å². The molecule has 0 saturated carbocycles. The monoisotopic (exact) mass is 340 g/mol. The normalized spacial score (nSPS) is 11.2. The van der Waals surface area contributed by atoms with E-state index < -0.39 is 9.84 Å². The maximum Gasteiger partial charge on any atom is 0.223 e. The molecule has 0 fully saturated rings. The van der Waals surface area contributed by atoms with Crippen LogP contribution in [0, 0.1) is 0 Å². The van der Waals surface area contributed by atoms with E-state index in [-0.39, 0.29) is 17.4 Å². The summed E-state index contributed by atoms with van der Waals surface area (Å²) in [5.41, 5.74) is 1.09. The molecule has 8 heteroatoms. The van der Waals surface area contributed by atoms with Gasteiger partial charge in [0.1, 0.15) is 5.75 Å². The molecule has 0 aliphatic rings. The third kappa shape index (κ3) is 4.81. The Morgan fingerprint density at radius 2 is 2.14 bits per heavy atom. The predicted molar refractivity (Wildman–Crippen MR) is 85.7 cm³/mol. The van der Waals surface area contributed by atoms with Crippen molar-refractivity contribution in [2.24, 2.45) is 0 Å². The Labute approximate surface area is 133 Å². The van der Waals surface area contributed by atoms with Gasteiger partial charge in [-0.15, -0.1) is 11.3 Å². The summed E-state index contributed by atoms with van der Waals surface area (Å²) in [6.07, 6.45) is 0. The maximum atomic E-state index is 12.2. The number of hydrogen-bond acceptors (Lipinski definition) is 6. The SMILES string of the molecule is COc1cccc(CS(=O)(=O)Cc2csc(NC(C)=O)n2)c1. The molecule has 0 aliphatic carbocycles. The van der Waals surface area contributed by atoms with Crippen molar-refractivity contribution in [1.82, 2.24) is 4.98 Å². The first kappa shape index (κ1) is 16.4. The lowest BCUT2D eigenvalue weighted by Gasteiger charge is -2.05. The van der Waals surface area contributed by atoms with Crippen LogP contribution in [0.5, 0.6) is 5.75 Å². The van der Waals surface area contributed by atoms with Crippen molar-refractivity contribution in [2.75, 3.05) is 12.4 Å². The van der Waals surface area contributed by atoms with Crippen molar-refractivity contribution in [3.8, 4) is 5.75 Å². The van der Waals surface area contributed by atoms with E-state index in [1.807, 2.05) is 0 Å². The molecule has 118 valence electrons. The summed E-state index contributed by atoms with van der Waals surface area (Å²) in [5.74, 6) is 0.131. The molecule has 0 aliphatic heterocycles. The van der Waals surface area contributed by atoms with Gasteiger partial charge in [0.2, 0.25) is 5.91 Å². The molecule has 6 nitrogen and oxygen atoms in total. The van der Waals surface area contributed by atoms with Crippen LogP contribution < -0.4 is 10.1 Å². The lowest BCUT2D eigenvalue weighted by atomic mass is 10.2. The van der Waals surface area contributed by atoms with Crippen LogP contribution in [0.2, 0.25) is 0 Å². The van der Waals surface area contributed by atoms with Crippen LogP contribution in [-0.2, 0) is 26.1 Å². The van der Waals surface area contributed by atoms with E-state index in [4.69, 9.17) is 4.74 Å². The van der Waals surface area contributed by atoms with E-state index >= 15 is 0 Å². The summed E-state index contributed by atoms with van der Waals surface area (Å²) in [7, 11) is -1.82. The lowest BCUT2D eigenvalue weighted by Crippen LogP contribution is -2.09. The summed E-state index contributed by atoms with van der Waals surface area (Å²) < 4.78 is 29.6. The molecular weight excluding hydrogens is 324 g/mol. The van der Waals surface area contributed by atoms with Crippen molar-refractivity contribution in [3.63, 3.8) is 0 Å². The Balaban J connectivity index is 2.07. The smallest absolute Gasteiger partial charge is 0.223 e. The zero-order valence-corrected chi connectivity index (χ0v) is 13.8.